The summed E-state index contributed by atoms with van der Waals surface area (Å²) in [4.78, 5) is 23.1. The van der Waals surface area contributed by atoms with Crippen molar-refractivity contribution in [1.82, 2.24) is 4.72 Å². The third kappa shape index (κ3) is 19.7. The number of halogens is 3. The van der Waals surface area contributed by atoms with Crippen LogP contribution in [0.15, 0.2) is 80.6 Å². The second-order valence-corrected chi connectivity index (χ2v) is 17.9. The van der Waals surface area contributed by atoms with Crippen molar-refractivity contribution in [3.63, 3.8) is 0 Å². The molecule has 47 heavy (non-hydrogen) atoms. The minimum Gasteiger partial charge on any atom is -0.465 e. The van der Waals surface area contributed by atoms with E-state index in [4.69, 9.17) is 4.74 Å². The van der Waals surface area contributed by atoms with Gasteiger partial charge >= 0.3 is 11.9 Å². The van der Waals surface area contributed by atoms with Gasteiger partial charge in [-0.25, -0.2) is 17.9 Å². The summed E-state index contributed by atoms with van der Waals surface area (Å²) in [6.07, 6.45) is 6.80. The molecule has 0 unspecified atom stereocenters. The summed E-state index contributed by atoms with van der Waals surface area (Å²) in [6.45, 7) is 18.7. The Morgan fingerprint density at radius 2 is 1.40 bits per heavy atom. The van der Waals surface area contributed by atoms with Crippen molar-refractivity contribution in [2.75, 3.05) is 18.5 Å². The maximum atomic E-state index is 12.4. The molecule has 0 amide bonds. The van der Waals surface area contributed by atoms with Crippen LogP contribution < -0.4 is 4.72 Å². The Labute approximate surface area is 311 Å². The molecule has 1 N–H and O–H groups in total. The van der Waals surface area contributed by atoms with Gasteiger partial charge < -0.3 is 9.47 Å². The zero-order chi connectivity index (χ0) is 36.2. The average molecular weight is 884 g/mol. The Bertz CT molecular complexity index is 1350. The Morgan fingerprint density at radius 1 is 0.894 bits per heavy atom. The smallest absolute Gasteiger partial charge is 0.350 e. The number of nitrogens with zero attached hydrogens (tertiary/aromatic N) is 1. The van der Waals surface area contributed by atoms with E-state index in [0.717, 1.165) is 26.1 Å². The van der Waals surface area contributed by atoms with E-state index in [1.807, 2.05) is 57.2 Å². The van der Waals surface area contributed by atoms with E-state index >= 15 is 0 Å². The normalized spacial score (nSPS) is 14.1. The second kappa shape index (κ2) is 23.6. The first kappa shape index (κ1) is 45.2. The number of nitrogens with one attached hydrogen (secondary N) is 1. The number of allylic oxidation sites excluding steroid dienone is 1. The Hall–Kier alpha value is -1.77. The van der Waals surface area contributed by atoms with Crippen molar-refractivity contribution in [1.29, 1.82) is 0 Å². The van der Waals surface area contributed by atoms with E-state index in [0.29, 0.717) is 6.61 Å². The summed E-state index contributed by atoms with van der Waals surface area (Å²) in [7, 11) is -2.79. The minimum atomic E-state index is -1.40. The van der Waals surface area contributed by atoms with Crippen molar-refractivity contribution in [2.24, 2.45) is 4.40 Å². The zero-order valence-electron chi connectivity index (χ0n) is 28.3. The zero-order valence-corrected chi connectivity index (χ0v) is 34.6. The molecule has 2 aromatic carbocycles. The summed E-state index contributed by atoms with van der Waals surface area (Å²) in [5.41, 5.74) is 2.13. The molecule has 262 valence electrons. The number of carbonyl (C=O) groups excluding carboxylic acids is 2. The molecule has 0 aliphatic heterocycles. The van der Waals surface area contributed by atoms with Crippen molar-refractivity contribution >= 4 is 94.0 Å². The number of benzene rings is 2. The fourth-order valence-corrected chi connectivity index (χ4v) is 5.17. The third-order valence-electron chi connectivity index (χ3n) is 5.53. The highest BCUT2D eigenvalue weighted by atomic mass is 79.9. The molecule has 2 aromatic rings. The summed E-state index contributed by atoms with van der Waals surface area (Å²) >= 11 is 10.1. The van der Waals surface area contributed by atoms with Gasteiger partial charge in [-0.05, 0) is 90.8 Å². The molecule has 0 heterocycles. The van der Waals surface area contributed by atoms with Gasteiger partial charge in [0.1, 0.15) is 23.2 Å². The standard InChI is InChI=1S/C17H24BrNO3S.C9H8Br2.C8H15NO3S/c1-6-14(12-8-10-13(18)11-9-12)15(16(20)22-7-2)19-23(21)17(3,4)5;10-7-1-2-8-3-5-9(11)6-4-8;1-5-12-7(10)6-9-13(11)8(2,3)4/h6,8-11,14-15,19H,1,7H2,2-5H3;1-6H,7H2;6H,5H2,1-4H3/b;2-1+;/t14-,15-,23-;;13-/m0.0/s1. The van der Waals surface area contributed by atoms with Gasteiger partial charge in [-0.3, -0.25) is 4.79 Å². The largest absolute Gasteiger partial charge is 0.465 e. The van der Waals surface area contributed by atoms with E-state index < -0.39 is 49.4 Å². The van der Waals surface area contributed by atoms with Gasteiger partial charge in [0, 0.05) is 20.2 Å². The van der Waals surface area contributed by atoms with Gasteiger partial charge in [0.05, 0.1) is 33.7 Å². The first-order valence-electron chi connectivity index (χ1n) is 14.7. The molecular weight excluding hydrogens is 836 g/mol. The van der Waals surface area contributed by atoms with Crippen LogP contribution in [-0.2, 0) is 41.0 Å². The summed E-state index contributed by atoms with van der Waals surface area (Å²) < 4.78 is 41.1. The monoisotopic (exact) mass is 880 g/mol. The minimum absolute atomic E-state index is 0.267. The first-order valence-corrected chi connectivity index (χ1v) is 19.7. The lowest BCUT2D eigenvalue weighted by Crippen LogP contribution is -2.47. The molecule has 0 fully saturated rings. The van der Waals surface area contributed by atoms with Crippen molar-refractivity contribution < 1.29 is 27.5 Å². The lowest BCUT2D eigenvalue weighted by atomic mass is 9.92. The number of hydrogen-bond donors (Lipinski definition) is 1. The van der Waals surface area contributed by atoms with Crippen LogP contribution in [0.2, 0.25) is 0 Å². The molecule has 8 nitrogen and oxygen atoms in total. The molecule has 2 rings (SSSR count). The molecule has 0 aliphatic rings. The Balaban J connectivity index is 0.000000744. The van der Waals surface area contributed by atoms with E-state index in [1.54, 1.807) is 40.7 Å². The van der Waals surface area contributed by atoms with Crippen molar-refractivity contribution in [3.05, 3.63) is 87.3 Å². The number of hydrogen-bond acceptors (Lipinski definition) is 6. The molecular formula is C34H47Br3N2O6S2. The molecule has 0 aromatic heterocycles. The van der Waals surface area contributed by atoms with Gasteiger partial charge in [-0.15, -0.1) is 6.58 Å². The molecule has 0 radical (unpaired) electrons. The fourth-order valence-electron chi connectivity index (χ4n) is 3.12. The second-order valence-electron chi connectivity index (χ2n) is 11.5. The first-order chi connectivity index (χ1) is 21.9. The third-order valence-corrected chi connectivity index (χ3v) is 9.89. The molecule has 0 saturated heterocycles. The molecule has 0 saturated carbocycles. The van der Waals surface area contributed by atoms with Crippen LogP contribution in [0.25, 0.3) is 6.08 Å². The number of esters is 2. The van der Waals surface area contributed by atoms with E-state index in [9.17, 15) is 18.0 Å². The molecule has 0 bridgehead atoms. The van der Waals surface area contributed by atoms with Gasteiger partial charge in [0.2, 0.25) is 0 Å². The van der Waals surface area contributed by atoms with Gasteiger partial charge in [-0.1, -0.05) is 90.3 Å². The average Bonchev–Trinajstić information content (AvgIpc) is 3.00. The van der Waals surface area contributed by atoms with E-state index in [2.05, 4.69) is 92.5 Å². The fraction of sp³-hybridized carbons (Fsp3) is 0.441. The highest BCUT2D eigenvalue weighted by molar-refractivity contribution is 9.10. The number of rotatable bonds is 12. The highest BCUT2D eigenvalue weighted by Crippen LogP contribution is 2.25. The lowest BCUT2D eigenvalue weighted by molar-refractivity contribution is -0.145. The SMILES string of the molecule is BrC/C=C/c1ccc(Br)cc1.C=C[C@@H](c1ccc(Br)cc1)[C@H](N[S@@](=O)C(C)(C)C)C(=O)OCC.CCOC(=O)C=N[S@@](=O)C(C)(C)C. The summed E-state index contributed by atoms with van der Waals surface area (Å²) in [5.74, 6) is -1.33. The maximum absolute atomic E-state index is 12.4. The predicted octanol–water partition coefficient (Wildman–Crippen LogP) is 8.64. The van der Waals surface area contributed by atoms with Crippen LogP contribution in [0.1, 0.15) is 72.4 Å². The Morgan fingerprint density at radius 3 is 1.83 bits per heavy atom. The number of alkyl halides is 1. The quantitative estimate of drug-likeness (QED) is 0.0990. The number of carbonyl (C=O) groups is 2. The molecule has 4 atom stereocenters. The molecule has 0 aliphatic carbocycles. The van der Waals surface area contributed by atoms with Crippen molar-refractivity contribution in [2.45, 2.75) is 76.8 Å². The topological polar surface area (TPSA) is 111 Å². The summed E-state index contributed by atoms with van der Waals surface area (Å²) in [5, 5.41) is 0.906. The van der Waals surface area contributed by atoms with Gasteiger partial charge in [-0.2, -0.15) is 4.40 Å². The lowest BCUT2D eigenvalue weighted by Gasteiger charge is -2.27. The van der Waals surface area contributed by atoms with E-state index in [-0.39, 0.29) is 12.5 Å². The summed E-state index contributed by atoms with van der Waals surface area (Å²) in [6, 6.07) is 15.1. The van der Waals surface area contributed by atoms with Crippen LogP contribution in [0, 0.1) is 0 Å². The highest BCUT2D eigenvalue weighted by Gasteiger charge is 2.33. The van der Waals surface area contributed by atoms with Crippen LogP contribution in [0.4, 0.5) is 0 Å². The van der Waals surface area contributed by atoms with Crippen LogP contribution >= 0.6 is 47.8 Å². The van der Waals surface area contributed by atoms with E-state index in [1.165, 1.54) is 5.56 Å². The predicted molar refractivity (Wildman–Crippen MR) is 209 cm³/mol. The van der Waals surface area contributed by atoms with Crippen LogP contribution in [0.5, 0.6) is 0 Å². The molecule has 0 spiro atoms. The maximum Gasteiger partial charge on any atom is 0.350 e. The number of ether oxygens (including phenoxy) is 2. The van der Waals surface area contributed by atoms with Gasteiger partial charge in [0.15, 0.2) is 0 Å². The van der Waals surface area contributed by atoms with Crippen LogP contribution in [0.3, 0.4) is 0 Å². The Kier molecular flexibility index (Phi) is 22.7. The molecule has 13 heteroatoms. The van der Waals surface area contributed by atoms with Gasteiger partial charge in [0.25, 0.3) is 0 Å². The van der Waals surface area contributed by atoms with Crippen LogP contribution in [-0.4, -0.2) is 60.7 Å². The van der Waals surface area contributed by atoms with Crippen molar-refractivity contribution in [3.8, 4) is 0 Å².